The summed E-state index contributed by atoms with van der Waals surface area (Å²) in [7, 11) is -1.34. The van der Waals surface area contributed by atoms with E-state index in [0.29, 0.717) is 15.6 Å². The van der Waals surface area contributed by atoms with Gasteiger partial charge in [-0.1, -0.05) is 53.5 Å². The Balaban J connectivity index is 2.12. The highest BCUT2D eigenvalue weighted by molar-refractivity contribution is 7.85. The van der Waals surface area contributed by atoms with Gasteiger partial charge in [0.05, 0.1) is 11.0 Å². The third kappa shape index (κ3) is 4.16. The molecule has 0 amide bonds. The summed E-state index contributed by atoms with van der Waals surface area (Å²) in [5.41, 5.74) is 1.26. The summed E-state index contributed by atoms with van der Waals surface area (Å²) in [6.45, 7) is 1.66. The van der Waals surface area contributed by atoms with Crippen LogP contribution in [0.5, 0.6) is 0 Å². The molecule has 0 bridgehead atoms. The van der Waals surface area contributed by atoms with Crippen molar-refractivity contribution in [3.05, 3.63) is 69.7 Å². The lowest BCUT2D eigenvalue weighted by atomic mass is 10.1. The Morgan fingerprint density at radius 2 is 1.86 bits per heavy atom. The van der Waals surface area contributed by atoms with Crippen molar-refractivity contribution in [3.8, 4) is 0 Å². The van der Waals surface area contributed by atoms with Crippen LogP contribution in [-0.4, -0.2) is 15.2 Å². The Labute approximate surface area is 136 Å². The minimum atomic E-state index is -1.34. The van der Waals surface area contributed by atoms with Gasteiger partial charge in [-0.3, -0.25) is 9.00 Å². The minimum absolute atomic E-state index is 0.178. The Morgan fingerprint density at radius 3 is 2.52 bits per heavy atom. The molecule has 21 heavy (non-hydrogen) atoms. The maximum Gasteiger partial charge on any atom is 0.178 e. The fourth-order valence-electron chi connectivity index (χ4n) is 1.89. The summed E-state index contributed by atoms with van der Waals surface area (Å²) in [5.74, 6) is 0.0792. The maximum atomic E-state index is 12.4. The van der Waals surface area contributed by atoms with Gasteiger partial charge in [0.1, 0.15) is 0 Å². The quantitative estimate of drug-likeness (QED) is 0.750. The summed E-state index contributed by atoms with van der Waals surface area (Å²) in [4.78, 5) is 12.3. The van der Waals surface area contributed by atoms with Gasteiger partial charge in [-0.25, -0.2) is 0 Å². The van der Waals surface area contributed by atoms with Crippen LogP contribution in [0.15, 0.2) is 48.5 Å². The average Bonchev–Trinajstić information content (AvgIpc) is 2.48. The number of benzene rings is 2. The van der Waals surface area contributed by atoms with Gasteiger partial charge in [0.2, 0.25) is 0 Å². The molecule has 2 rings (SSSR count). The SMILES string of the molecule is CC(C(=O)c1cccc(Cl)c1)S(=O)Cc1ccccc1Cl. The molecular weight excluding hydrogens is 327 g/mol. The lowest BCUT2D eigenvalue weighted by Crippen LogP contribution is -2.23. The Hall–Kier alpha value is -1.16. The third-order valence-electron chi connectivity index (χ3n) is 3.13. The highest BCUT2D eigenvalue weighted by atomic mass is 35.5. The molecule has 0 spiro atoms. The van der Waals surface area contributed by atoms with E-state index in [0.717, 1.165) is 5.56 Å². The van der Waals surface area contributed by atoms with Gasteiger partial charge < -0.3 is 0 Å². The monoisotopic (exact) mass is 340 g/mol. The van der Waals surface area contributed by atoms with Gasteiger partial charge in [-0.05, 0) is 30.7 Å². The van der Waals surface area contributed by atoms with Crippen LogP contribution < -0.4 is 0 Å². The van der Waals surface area contributed by atoms with Crippen LogP contribution in [0.1, 0.15) is 22.8 Å². The predicted molar refractivity (Wildman–Crippen MR) is 88.5 cm³/mol. The normalized spacial score (nSPS) is 13.7. The lowest BCUT2D eigenvalue weighted by molar-refractivity contribution is 0.0992. The number of carbonyl (C=O) groups excluding carboxylic acids is 1. The van der Waals surface area contributed by atoms with E-state index >= 15 is 0 Å². The topological polar surface area (TPSA) is 34.1 Å². The molecule has 0 N–H and O–H groups in total. The molecule has 0 radical (unpaired) electrons. The molecule has 0 saturated heterocycles. The Bertz CT molecular complexity index is 685. The van der Waals surface area contributed by atoms with Crippen molar-refractivity contribution in [1.29, 1.82) is 0 Å². The molecule has 2 atom stereocenters. The average molecular weight is 341 g/mol. The van der Waals surface area contributed by atoms with Gasteiger partial charge in [0, 0.05) is 26.4 Å². The molecule has 0 heterocycles. The summed E-state index contributed by atoms with van der Waals surface area (Å²) in [6, 6.07) is 13.9. The molecule has 110 valence electrons. The van der Waals surface area contributed by atoms with Crippen molar-refractivity contribution in [1.82, 2.24) is 0 Å². The van der Waals surface area contributed by atoms with Gasteiger partial charge in [-0.15, -0.1) is 0 Å². The number of carbonyl (C=O) groups is 1. The van der Waals surface area contributed by atoms with Crippen LogP contribution in [0.2, 0.25) is 10.0 Å². The van der Waals surface area contributed by atoms with Crippen LogP contribution in [-0.2, 0) is 16.6 Å². The number of Topliss-reactive ketones (excluding diaryl/α,β-unsaturated/α-hetero) is 1. The summed E-state index contributed by atoms with van der Waals surface area (Å²) >= 11 is 11.9. The maximum absolute atomic E-state index is 12.4. The highest BCUT2D eigenvalue weighted by Crippen LogP contribution is 2.20. The molecule has 5 heteroatoms. The van der Waals surface area contributed by atoms with Crippen LogP contribution in [0.25, 0.3) is 0 Å². The van der Waals surface area contributed by atoms with E-state index in [1.807, 2.05) is 18.2 Å². The van der Waals surface area contributed by atoms with Gasteiger partial charge >= 0.3 is 0 Å². The number of rotatable bonds is 5. The highest BCUT2D eigenvalue weighted by Gasteiger charge is 2.22. The molecule has 2 aromatic rings. The largest absolute Gasteiger partial charge is 0.293 e. The second kappa shape index (κ2) is 7.21. The second-order valence-corrected chi connectivity index (χ2v) is 7.23. The van der Waals surface area contributed by atoms with E-state index in [1.54, 1.807) is 37.3 Å². The first-order valence-electron chi connectivity index (χ1n) is 6.39. The smallest absolute Gasteiger partial charge is 0.178 e. The first kappa shape index (κ1) is 16.2. The number of hydrogen-bond donors (Lipinski definition) is 0. The fourth-order valence-corrected chi connectivity index (χ4v) is 3.54. The molecule has 0 saturated carbocycles. The van der Waals surface area contributed by atoms with Crippen LogP contribution in [0, 0.1) is 0 Å². The van der Waals surface area contributed by atoms with E-state index in [2.05, 4.69) is 0 Å². The number of ketones is 1. The second-order valence-electron chi connectivity index (χ2n) is 4.63. The van der Waals surface area contributed by atoms with Crippen LogP contribution >= 0.6 is 23.2 Å². The predicted octanol–water partition coefficient (Wildman–Crippen LogP) is 4.51. The van der Waals surface area contributed by atoms with Crippen molar-refractivity contribution < 1.29 is 9.00 Å². The molecule has 0 aliphatic heterocycles. The molecule has 0 aromatic heterocycles. The lowest BCUT2D eigenvalue weighted by Gasteiger charge is -2.11. The van der Waals surface area contributed by atoms with Crippen LogP contribution in [0.4, 0.5) is 0 Å². The Kier molecular flexibility index (Phi) is 5.57. The Morgan fingerprint density at radius 1 is 1.14 bits per heavy atom. The van der Waals surface area contributed by atoms with Crippen molar-refractivity contribution in [2.45, 2.75) is 17.9 Å². The van der Waals surface area contributed by atoms with Crippen molar-refractivity contribution in [2.75, 3.05) is 0 Å². The van der Waals surface area contributed by atoms with Crippen molar-refractivity contribution in [2.24, 2.45) is 0 Å². The van der Waals surface area contributed by atoms with Crippen LogP contribution in [0.3, 0.4) is 0 Å². The fraction of sp³-hybridized carbons (Fsp3) is 0.188. The van der Waals surface area contributed by atoms with E-state index in [9.17, 15) is 9.00 Å². The summed E-state index contributed by atoms with van der Waals surface area (Å²) < 4.78 is 12.4. The third-order valence-corrected chi connectivity index (χ3v) is 5.33. The summed E-state index contributed by atoms with van der Waals surface area (Å²) in [6.07, 6.45) is 0. The standard InChI is InChI=1S/C16H14Cl2O2S/c1-11(16(19)12-6-4-7-14(17)9-12)21(20)10-13-5-2-3-8-15(13)18/h2-9,11H,10H2,1H3. The first-order chi connectivity index (χ1) is 9.99. The molecule has 2 unspecified atom stereocenters. The number of halogens is 2. The first-order valence-corrected chi connectivity index (χ1v) is 8.53. The van der Waals surface area contributed by atoms with Crippen molar-refractivity contribution in [3.63, 3.8) is 0 Å². The summed E-state index contributed by atoms with van der Waals surface area (Å²) in [5, 5.41) is 0.443. The zero-order chi connectivity index (χ0) is 15.4. The zero-order valence-electron chi connectivity index (χ0n) is 11.4. The van der Waals surface area contributed by atoms with E-state index in [1.165, 1.54) is 0 Å². The van der Waals surface area contributed by atoms with E-state index < -0.39 is 16.0 Å². The van der Waals surface area contributed by atoms with Gasteiger partial charge in [0.25, 0.3) is 0 Å². The molecular formula is C16H14Cl2O2S. The molecule has 0 aliphatic rings. The minimum Gasteiger partial charge on any atom is -0.293 e. The molecule has 0 aliphatic carbocycles. The van der Waals surface area contributed by atoms with E-state index in [-0.39, 0.29) is 11.5 Å². The van der Waals surface area contributed by atoms with Gasteiger partial charge in [0.15, 0.2) is 5.78 Å². The van der Waals surface area contributed by atoms with Gasteiger partial charge in [-0.2, -0.15) is 0 Å². The number of hydrogen-bond acceptors (Lipinski definition) is 2. The molecule has 2 aromatic carbocycles. The zero-order valence-corrected chi connectivity index (χ0v) is 13.7. The van der Waals surface area contributed by atoms with Crippen molar-refractivity contribution >= 4 is 39.8 Å². The molecule has 2 nitrogen and oxygen atoms in total. The molecule has 0 fully saturated rings. The van der Waals surface area contributed by atoms with E-state index in [4.69, 9.17) is 23.2 Å².